The topological polar surface area (TPSA) is 78.9 Å². The van der Waals surface area contributed by atoms with Gasteiger partial charge in [-0.25, -0.2) is 4.79 Å². The van der Waals surface area contributed by atoms with E-state index in [0.717, 1.165) is 0 Å². The number of hydrogen-bond donors (Lipinski definition) is 0. The molecule has 0 aliphatic heterocycles. The Bertz CT molecular complexity index is 639. The molecule has 0 amide bonds. The van der Waals surface area contributed by atoms with Gasteiger partial charge >= 0.3 is 5.97 Å². The normalized spacial score (nSPS) is 13.8. The quantitative estimate of drug-likeness (QED) is 0.345. The van der Waals surface area contributed by atoms with E-state index in [0.29, 0.717) is 17.9 Å². The molecule has 114 valence electrons. The molecule has 6 heteroatoms. The number of hydrogen-bond acceptors (Lipinski definition) is 6. The average molecular weight is 302 g/mol. The Hall–Kier alpha value is -2.73. The number of ether oxygens (including phenoxy) is 1. The first kappa shape index (κ1) is 15.7. The molecular formula is C16H14O6. The number of rotatable bonds is 6. The highest BCUT2D eigenvalue weighted by atomic mass is 17.2. The highest BCUT2D eigenvalue weighted by Gasteiger charge is 2.14. The van der Waals surface area contributed by atoms with Gasteiger partial charge in [0.1, 0.15) is 6.61 Å². The molecule has 0 N–H and O–H groups in total. The van der Waals surface area contributed by atoms with Crippen LogP contribution in [-0.2, 0) is 19.2 Å². The maximum atomic E-state index is 11.5. The third kappa shape index (κ3) is 4.13. The summed E-state index contributed by atoms with van der Waals surface area (Å²) in [6, 6.07) is 6.14. The van der Waals surface area contributed by atoms with E-state index in [4.69, 9.17) is 14.5 Å². The zero-order valence-electron chi connectivity index (χ0n) is 11.9. The summed E-state index contributed by atoms with van der Waals surface area (Å²) in [6.45, 7) is 1.88. The largest absolute Gasteiger partial charge is 0.462 e. The lowest BCUT2D eigenvalue weighted by molar-refractivity contribution is -0.198. The van der Waals surface area contributed by atoms with E-state index < -0.39 is 5.97 Å². The number of carbonyl (C=O) groups excluding carboxylic acids is 3. The fraction of sp³-hybridized carbons (Fsp3) is 0.188. The maximum absolute atomic E-state index is 11.5. The van der Waals surface area contributed by atoms with Crippen molar-refractivity contribution in [3.8, 4) is 5.75 Å². The summed E-state index contributed by atoms with van der Waals surface area (Å²) in [7, 11) is 0. The van der Waals surface area contributed by atoms with E-state index in [1.165, 1.54) is 42.5 Å². The highest BCUT2D eigenvalue weighted by Crippen LogP contribution is 2.14. The van der Waals surface area contributed by atoms with Crippen molar-refractivity contribution in [3.63, 3.8) is 0 Å². The van der Waals surface area contributed by atoms with Gasteiger partial charge in [-0.1, -0.05) is 0 Å². The molecule has 0 spiro atoms. The van der Waals surface area contributed by atoms with Gasteiger partial charge in [0.2, 0.25) is 0 Å². The van der Waals surface area contributed by atoms with Crippen LogP contribution in [0.25, 0.3) is 0 Å². The first-order valence-electron chi connectivity index (χ1n) is 6.63. The molecule has 0 saturated carbocycles. The summed E-state index contributed by atoms with van der Waals surface area (Å²) in [5, 5.41) is 0. The van der Waals surface area contributed by atoms with Crippen LogP contribution in [0.15, 0.2) is 48.1 Å². The molecule has 1 aromatic carbocycles. The molecule has 22 heavy (non-hydrogen) atoms. The molecule has 0 atom stereocenters. The predicted molar refractivity (Wildman–Crippen MR) is 76.2 cm³/mol. The van der Waals surface area contributed by atoms with E-state index in [2.05, 4.69) is 0 Å². The predicted octanol–water partition coefficient (Wildman–Crippen LogP) is 1.81. The van der Waals surface area contributed by atoms with Crippen molar-refractivity contribution in [3.05, 3.63) is 53.6 Å². The van der Waals surface area contributed by atoms with Gasteiger partial charge in [0.15, 0.2) is 17.3 Å². The fourth-order valence-corrected chi connectivity index (χ4v) is 1.69. The number of carbonyl (C=O) groups is 3. The molecule has 0 bridgehead atoms. The van der Waals surface area contributed by atoms with Crippen LogP contribution in [0, 0.1) is 0 Å². The van der Waals surface area contributed by atoms with Crippen LogP contribution < -0.4 is 4.89 Å². The van der Waals surface area contributed by atoms with E-state index in [9.17, 15) is 14.4 Å². The number of ketones is 2. The Morgan fingerprint density at radius 1 is 1.09 bits per heavy atom. The summed E-state index contributed by atoms with van der Waals surface area (Å²) in [5.74, 6) is -0.616. The molecular weight excluding hydrogens is 288 g/mol. The van der Waals surface area contributed by atoms with Crippen molar-refractivity contribution < 1.29 is 28.9 Å². The third-order valence-electron chi connectivity index (χ3n) is 2.77. The second kappa shape index (κ2) is 7.33. The smallest absolute Gasteiger partial charge is 0.338 e. The first-order valence-corrected chi connectivity index (χ1v) is 6.63. The van der Waals surface area contributed by atoms with Crippen LogP contribution in [0.2, 0.25) is 0 Å². The maximum Gasteiger partial charge on any atom is 0.338 e. The van der Waals surface area contributed by atoms with Gasteiger partial charge in [0, 0.05) is 5.57 Å². The van der Waals surface area contributed by atoms with Crippen LogP contribution in [-0.4, -0.2) is 30.7 Å². The molecule has 6 nitrogen and oxygen atoms in total. The first-order chi connectivity index (χ1) is 10.6. The van der Waals surface area contributed by atoms with Crippen LogP contribution >= 0.6 is 0 Å². The van der Waals surface area contributed by atoms with Gasteiger partial charge in [-0.3, -0.25) is 9.59 Å². The molecule has 1 aliphatic carbocycles. The Labute approximate surface area is 126 Å². The minimum atomic E-state index is -0.418. The monoisotopic (exact) mass is 302 g/mol. The Morgan fingerprint density at radius 3 is 2.50 bits per heavy atom. The van der Waals surface area contributed by atoms with E-state index in [1.54, 1.807) is 6.92 Å². The molecule has 2 rings (SSSR count). The fourth-order valence-electron chi connectivity index (χ4n) is 1.69. The van der Waals surface area contributed by atoms with Crippen molar-refractivity contribution in [1.82, 2.24) is 0 Å². The minimum absolute atomic E-state index is 0.144. The zero-order valence-corrected chi connectivity index (χ0v) is 11.9. The number of esters is 1. The second-order valence-electron chi connectivity index (χ2n) is 4.36. The number of allylic oxidation sites excluding steroid dienone is 3. The second-order valence-corrected chi connectivity index (χ2v) is 4.36. The lowest BCUT2D eigenvalue weighted by Crippen LogP contribution is -2.14. The highest BCUT2D eigenvalue weighted by molar-refractivity contribution is 6.17. The summed E-state index contributed by atoms with van der Waals surface area (Å²) >= 11 is 0. The standard InChI is InChI=1S/C16H14O6/c1-2-20-16(19)11-3-6-14(7-4-11)22-21-10-12-9-13(17)5-8-15(12)18/h3-9H,2,10H2,1H3. The van der Waals surface area contributed by atoms with Gasteiger partial charge in [-0.2, -0.15) is 4.89 Å². The molecule has 0 aromatic heterocycles. The van der Waals surface area contributed by atoms with Crippen molar-refractivity contribution >= 4 is 17.5 Å². The lowest BCUT2D eigenvalue weighted by atomic mass is 10.1. The van der Waals surface area contributed by atoms with E-state index in [1.807, 2.05) is 0 Å². The summed E-state index contributed by atoms with van der Waals surface area (Å²) in [4.78, 5) is 44.0. The van der Waals surface area contributed by atoms with Crippen LogP contribution in [0.1, 0.15) is 17.3 Å². The molecule has 1 aromatic rings. The van der Waals surface area contributed by atoms with Crippen molar-refractivity contribution in [2.24, 2.45) is 0 Å². The van der Waals surface area contributed by atoms with Crippen LogP contribution in [0.3, 0.4) is 0 Å². The summed E-state index contributed by atoms with van der Waals surface area (Å²) in [6.07, 6.45) is 3.59. The van der Waals surface area contributed by atoms with Gasteiger partial charge in [0.05, 0.1) is 12.2 Å². The van der Waals surface area contributed by atoms with Crippen molar-refractivity contribution in [2.75, 3.05) is 13.2 Å². The van der Waals surface area contributed by atoms with E-state index >= 15 is 0 Å². The minimum Gasteiger partial charge on any atom is -0.462 e. The van der Waals surface area contributed by atoms with Crippen molar-refractivity contribution in [1.29, 1.82) is 0 Å². The zero-order chi connectivity index (χ0) is 15.9. The van der Waals surface area contributed by atoms with Crippen LogP contribution in [0.4, 0.5) is 0 Å². The SMILES string of the molecule is CCOC(=O)c1ccc(OOCC2=CC(=O)C=CC2=O)cc1. The lowest BCUT2D eigenvalue weighted by Gasteiger charge is -2.08. The van der Waals surface area contributed by atoms with Gasteiger partial charge in [0.25, 0.3) is 0 Å². The summed E-state index contributed by atoms with van der Waals surface area (Å²) in [5.41, 5.74) is 0.616. The van der Waals surface area contributed by atoms with Gasteiger partial charge in [-0.05, 0) is 49.4 Å². The molecule has 0 heterocycles. The third-order valence-corrected chi connectivity index (χ3v) is 2.77. The van der Waals surface area contributed by atoms with Crippen LogP contribution in [0.5, 0.6) is 5.75 Å². The van der Waals surface area contributed by atoms with Crippen molar-refractivity contribution in [2.45, 2.75) is 6.92 Å². The summed E-state index contributed by atoms with van der Waals surface area (Å²) < 4.78 is 4.86. The molecule has 0 fully saturated rings. The Morgan fingerprint density at radius 2 is 1.82 bits per heavy atom. The molecule has 0 saturated heterocycles. The Kier molecular flexibility index (Phi) is 5.21. The number of benzene rings is 1. The van der Waals surface area contributed by atoms with Gasteiger partial charge in [-0.15, -0.1) is 0 Å². The average Bonchev–Trinajstić information content (AvgIpc) is 2.51. The molecule has 1 aliphatic rings. The van der Waals surface area contributed by atoms with E-state index in [-0.39, 0.29) is 23.7 Å². The molecule has 0 unspecified atom stereocenters. The molecule has 0 radical (unpaired) electrons. The van der Waals surface area contributed by atoms with Gasteiger partial charge < -0.3 is 9.62 Å². The Balaban J connectivity index is 1.86.